The molecule has 0 saturated heterocycles. The molecule has 10 heteroatoms. The van der Waals surface area contributed by atoms with Gasteiger partial charge in [-0.3, -0.25) is 9.04 Å². The van der Waals surface area contributed by atoms with Gasteiger partial charge in [0.05, 0.1) is 21.1 Å². The van der Waals surface area contributed by atoms with Crippen LogP contribution in [0.1, 0.15) is 13.8 Å². The van der Waals surface area contributed by atoms with Crippen molar-refractivity contribution < 1.29 is 40.2 Å². The smallest absolute Gasteiger partial charge is 0.409 e. The largest absolute Gasteiger partial charge is 0.522 e. The highest BCUT2D eigenvalue weighted by Gasteiger charge is 2.44. The van der Waals surface area contributed by atoms with E-state index in [1.165, 1.54) is 0 Å². The van der Waals surface area contributed by atoms with Crippen molar-refractivity contribution in [1.29, 1.82) is 0 Å². The van der Waals surface area contributed by atoms with Crippen LogP contribution in [0.4, 0.5) is 13.2 Å². The van der Waals surface area contributed by atoms with Gasteiger partial charge in [-0.15, -0.1) is 0 Å². The van der Waals surface area contributed by atoms with Crippen LogP contribution in [0.5, 0.6) is 0 Å². The Morgan fingerprint density at radius 3 is 1.75 bits per heavy atom. The summed E-state index contributed by atoms with van der Waals surface area (Å²) in [5, 5.41) is 0. The Hall–Kier alpha value is -1.13. The molecule has 120 valence electrons. The van der Waals surface area contributed by atoms with E-state index < -0.39 is 15.6 Å². The van der Waals surface area contributed by atoms with Gasteiger partial charge in [0.15, 0.2) is 0 Å². The highest BCUT2D eigenvalue weighted by molar-refractivity contribution is 7.86. The van der Waals surface area contributed by atoms with Crippen LogP contribution in [0, 0.1) is 0 Å². The van der Waals surface area contributed by atoms with Crippen LogP contribution in [0.15, 0.2) is 12.2 Å². The molecule has 0 bridgehead atoms. The first-order valence-corrected chi connectivity index (χ1v) is 6.65. The molecule has 0 aliphatic heterocycles. The highest BCUT2D eigenvalue weighted by atomic mass is 32.2. The second kappa shape index (κ2) is 7.04. The van der Waals surface area contributed by atoms with Crippen LogP contribution in [0.3, 0.4) is 0 Å². The zero-order chi connectivity index (χ0) is 16.9. The average molecular weight is 322 g/mol. The number of quaternary nitrogens is 1. The van der Waals surface area contributed by atoms with Gasteiger partial charge in [0, 0.05) is 12.5 Å². The Balaban J connectivity index is 0. The summed E-state index contributed by atoms with van der Waals surface area (Å²) in [6.45, 7) is 7.01. The van der Waals surface area contributed by atoms with Crippen molar-refractivity contribution in [3.63, 3.8) is 0 Å². The van der Waals surface area contributed by atoms with Gasteiger partial charge in [0.1, 0.15) is 0 Å². The number of carbonyl (C=O) groups is 1. The fourth-order valence-electron chi connectivity index (χ4n) is 0.414. The Labute approximate surface area is 116 Å². The van der Waals surface area contributed by atoms with E-state index in [1.807, 2.05) is 28.1 Å². The molecule has 0 aromatic carbocycles. The monoisotopic (exact) mass is 322 g/mol. The van der Waals surface area contributed by atoms with Gasteiger partial charge < -0.3 is 4.74 Å². The van der Waals surface area contributed by atoms with E-state index in [0.29, 0.717) is 10.1 Å². The van der Waals surface area contributed by atoms with E-state index in [4.69, 9.17) is 17.7 Å². The predicted octanol–water partition coefficient (Wildman–Crippen LogP) is 1.55. The quantitative estimate of drug-likeness (QED) is 0.213. The number of hydrogen-bond donors (Lipinski definition) is 1. The average Bonchev–Trinajstić information content (AvgIpc) is 2.13. The molecule has 20 heavy (non-hydrogen) atoms. The van der Waals surface area contributed by atoms with Gasteiger partial charge in [-0.05, 0) is 6.92 Å². The van der Waals surface area contributed by atoms with Gasteiger partial charge in [-0.25, -0.2) is 4.79 Å². The molecular formula is C10H19F3NO5S+. The molecular weight excluding hydrogens is 303 g/mol. The van der Waals surface area contributed by atoms with Crippen LogP contribution in [0.2, 0.25) is 0 Å². The van der Waals surface area contributed by atoms with E-state index in [2.05, 4.69) is 6.58 Å². The van der Waals surface area contributed by atoms with Crippen molar-refractivity contribution in [2.45, 2.75) is 25.6 Å². The van der Waals surface area contributed by atoms with Crippen molar-refractivity contribution in [2.75, 3.05) is 21.1 Å². The topological polar surface area (TPSA) is 80.7 Å². The zero-order valence-electron chi connectivity index (χ0n) is 11.9. The maximum atomic E-state index is 11.1. The van der Waals surface area contributed by atoms with E-state index in [1.54, 1.807) is 6.92 Å². The minimum Gasteiger partial charge on any atom is -0.409 e. The summed E-state index contributed by atoms with van der Waals surface area (Å²) >= 11 is 0. The van der Waals surface area contributed by atoms with Gasteiger partial charge >= 0.3 is 21.6 Å². The molecule has 0 aliphatic carbocycles. The van der Waals surface area contributed by atoms with Gasteiger partial charge in [0.2, 0.25) is 6.23 Å². The summed E-state index contributed by atoms with van der Waals surface area (Å²) in [5.74, 6) is -0.324. The number of rotatable bonds is 3. The minimum absolute atomic E-state index is 0.144. The zero-order valence-corrected chi connectivity index (χ0v) is 12.7. The van der Waals surface area contributed by atoms with Gasteiger partial charge in [-0.1, -0.05) is 6.58 Å². The first kappa shape index (κ1) is 21.2. The van der Waals surface area contributed by atoms with E-state index in [9.17, 15) is 18.0 Å². The summed E-state index contributed by atoms with van der Waals surface area (Å²) in [6, 6.07) is 0. The number of halogens is 3. The second-order valence-corrected chi connectivity index (χ2v) is 6.24. The van der Waals surface area contributed by atoms with Gasteiger partial charge in [-0.2, -0.15) is 21.6 Å². The van der Waals surface area contributed by atoms with E-state index >= 15 is 0 Å². The van der Waals surface area contributed by atoms with Crippen LogP contribution in [-0.4, -0.2) is 56.3 Å². The summed E-state index contributed by atoms with van der Waals surface area (Å²) in [4.78, 5) is 11.1. The summed E-state index contributed by atoms with van der Waals surface area (Å²) in [7, 11) is 0.0656. The molecule has 0 heterocycles. The molecule has 1 unspecified atom stereocenters. The standard InChI is InChI=1S/C9H18NO2.CHF3O3S/c1-7(2)9(11)12-8(3)10(4,5)6;2-1(3,4)8(5,6)7/h8H,1H2,2-6H3;(H,5,6,7)/q+1;. The molecule has 0 radical (unpaired) electrons. The molecule has 0 amide bonds. The molecule has 0 spiro atoms. The number of nitrogens with zero attached hydrogens (tertiary/aromatic N) is 1. The lowest BCUT2D eigenvalue weighted by atomic mass is 10.3. The van der Waals surface area contributed by atoms with Crippen LogP contribution in [0.25, 0.3) is 0 Å². The van der Waals surface area contributed by atoms with Crippen LogP contribution < -0.4 is 0 Å². The molecule has 0 rings (SSSR count). The van der Waals surface area contributed by atoms with Gasteiger partial charge in [0.25, 0.3) is 0 Å². The summed E-state index contributed by atoms with van der Waals surface area (Å²) < 4.78 is 63.2. The lowest BCUT2D eigenvalue weighted by Crippen LogP contribution is -2.45. The van der Waals surface area contributed by atoms with E-state index in [0.717, 1.165) is 0 Å². The Bertz CT molecular complexity index is 450. The molecule has 6 nitrogen and oxygen atoms in total. The van der Waals surface area contributed by atoms with Crippen molar-refractivity contribution in [3.8, 4) is 0 Å². The summed E-state index contributed by atoms with van der Waals surface area (Å²) in [6.07, 6.45) is -0.144. The van der Waals surface area contributed by atoms with Crippen LogP contribution >= 0.6 is 0 Å². The molecule has 0 fully saturated rings. The maximum Gasteiger partial charge on any atom is 0.522 e. The highest BCUT2D eigenvalue weighted by Crippen LogP contribution is 2.20. The lowest BCUT2D eigenvalue weighted by molar-refractivity contribution is -0.914. The molecule has 1 atom stereocenters. The number of hydrogen-bond acceptors (Lipinski definition) is 4. The molecule has 0 aliphatic rings. The van der Waals surface area contributed by atoms with Crippen molar-refractivity contribution in [2.24, 2.45) is 0 Å². The van der Waals surface area contributed by atoms with Crippen molar-refractivity contribution in [1.82, 2.24) is 0 Å². The van der Waals surface area contributed by atoms with Crippen molar-refractivity contribution in [3.05, 3.63) is 12.2 Å². The molecule has 1 N–H and O–H groups in total. The third-order valence-electron chi connectivity index (χ3n) is 2.01. The number of ether oxygens (including phenoxy) is 1. The Morgan fingerprint density at radius 2 is 1.60 bits per heavy atom. The Morgan fingerprint density at radius 1 is 1.30 bits per heavy atom. The number of carbonyl (C=O) groups excluding carboxylic acids is 1. The molecule has 0 aromatic heterocycles. The normalized spacial score (nSPS) is 13.8. The third-order valence-corrected chi connectivity index (χ3v) is 2.59. The summed E-state index contributed by atoms with van der Waals surface area (Å²) in [5.41, 5.74) is -5.09. The van der Waals surface area contributed by atoms with Crippen molar-refractivity contribution >= 4 is 16.1 Å². The number of esters is 1. The maximum absolute atomic E-state index is 11.1. The first-order chi connectivity index (χ1) is 8.50. The van der Waals surface area contributed by atoms with E-state index in [-0.39, 0.29) is 12.2 Å². The molecule has 0 saturated carbocycles. The fraction of sp³-hybridized carbons (Fsp3) is 0.700. The fourth-order valence-corrected chi connectivity index (χ4v) is 0.414. The van der Waals surface area contributed by atoms with Crippen LogP contribution in [-0.2, 0) is 19.6 Å². The lowest BCUT2D eigenvalue weighted by Gasteiger charge is -2.30. The molecule has 0 aromatic rings. The first-order valence-electron chi connectivity index (χ1n) is 5.21. The SMILES string of the molecule is C=C(C)C(=O)OC(C)[N+](C)(C)C.O=S(=O)(O)C(F)(F)F. The predicted molar refractivity (Wildman–Crippen MR) is 66.0 cm³/mol. The third kappa shape index (κ3) is 8.88. The minimum atomic E-state index is -5.84. The number of alkyl halides is 3. The Kier molecular flexibility index (Phi) is 7.46. The second-order valence-electron chi connectivity index (χ2n) is 4.82.